The number of benzene rings is 2. The molecule has 54 heavy (non-hydrogen) atoms. The maximum Gasteiger partial charge on any atom is 0.208 e. The highest BCUT2D eigenvalue weighted by Gasteiger charge is 2.49. The Morgan fingerprint density at radius 2 is 1.93 bits per heavy atom. The third-order valence-corrected chi connectivity index (χ3v) is 12.1. The standard InChI is InChI=1S/C45H63N3O6/c1-30(50)26-47-27-39-37-13-8-12-34(37)17-19-40-38(39)24-41(48-40)43(52)29-53-45-22-32(16-20-42(45)51)15-18-36-23-35(28-49)44(54-36)14-7-3-6-11-33(25-46)21-31-9-4-2-5-10-31/h2,4-5,9-10,16,20,22-24,30,33-34,37,39,43-44,47,49-50,52,54H,3,6-8,11-15,17-19,21,25-29,46H2,1H3/p+1. The molecule has 7 unspecified atom stereocenters. The number of nitrogens with zero attached hydrogens (tertiary/aromatic N) is 1. The van der Waals surface area contributed by atoms with Crippen LogP contribution in [-0.4, -0.2) is 82.0 Å². The third kappa shape index (κ3) is 10.9. The smallest absolute Gasteiger partial charge is 0.208 e. The Morgan fingerprint density at radius 3 is 2.72 bits per heavy atom. The van der Waals surface area contributed by atoms with Gasteiger partial charge in [0.15, 0.2) is 17.6 Å². The maximum atomic E-state index is 11.2. The van der Waals surface area contributed by atoms with E-state index in [2.05, 4.69) is 47.8 Å². The van der Waals surface area contributed by atoms with Crippen molar-refractivity contribution in [2.24, 2.45) is 34.4 Å². The number of ether oxygens (including phenoxy) is 2. The summed E-state index contributed by atoms with van der Waals surface area (Å²) in [5.74, 6) is 3.73. The van der Waals surface area contributed by atoms with Crippen molar-refractivity contribution in [3.8, 4) is 11.5 Å². The Bertz CT molecular complexity index is 1560. The number of hydrogen-bond acceptors (Lipinski definition) is 8. The molecule has 2 aromatic rings. The molecule has 0 spiro atoms. The van der Waals surface area contributed by atoms with Crippen molar-refractivity contribution in [2.45, 2.75) is 109 Å². The van der Waals surface area contributed by atoms with Gasteiger partial charge < -0.3 is 41.0 Å². The highest BCUT2D eigenvalue weighted by Crippen LogP contribution is 2.48. The molecule has 294 valence electrons. The molecule has 2 aliphatic heterocycles. The normalized spacial score (nSPS) is 24.0. The lowest BCUT2D eigenvalue weighted by Gasteiger charge is -2.26. The molecule has 6 rings (SSSR count). The molecule has 2 saturated carbocycles. The molecule has 8 N–H and O–H groups in total. The molecule has 0 aromatic heterocycles. The number of nitrogens with two attached hydrogens (primary N) is 1. The summed E-state index contributed by atoms with van der Waals surface area (Å²) < 4.78 is 11.0. The van der Waals surface area contributed by atoms with Crippen LogP contribution in [-0.2, 0) is 12.8 Å². The van der Waals surface area contributed by atoms with Gasteiger partial charge in [-0.25, -0.2) is 0 Å². The lowest BCUT2D eigenvalue weighted by atomic mass is 9.77. The van der Waals surface area contributed by atoms with Crippen molar-refractivity contribution in [3.05, 3.63) is 95.1 Å². The second kappa shape index (κ2) is 20.0. The van der Waals surface area contributed by atoms with E-state index in [0.717, 1.165) is 87.3 Å². The lowest BCUT2D eigenvalue weighted by Crippen LogP contribution is -2.36. The van der Waals surface area contributed by atoms with E-state index in [4.69, 9.17) is 20.2 Å². The predicted molar refractivity (Wildman–Crippen MR) is 215 cm³/mol. The molecule has 4 aliphatic rings. The zero-order valence-electron chi connectivity index (χ0n) is 32.2. The largest absolute Gasteiger partial charge is 0.504 e. The second-order valence-electron chi connectivity index (χ2n) is 16.2. The lowest BCUT2D eigenvalue weighted by molar-refractivity contribution is -0.0552. The SMILES string of the molecule is CC(O)CNCC1[C+]2C=C(C(O)COc3cc(CC[C-]4C=C(CO)C(CCCCCC(CN)Cc5ccccc5)[OH+]4)ccc3O)N=C2CCC2CCCC21. The molecule has 2 heterocycles. The van der Waals surface area contributed by atoms with Crippen LogP contribution < -0.4 is 15.8 Å². The maximum absolute atomic E-state index is 11.2. The first-order chi connectivity index (χ1) is 26.3. The number of allylic oxidation sites excluding steroid dienone is 1. The summed E-state index contributed by atoms with van der Waals surface area (Å²) >= 11 is 0. The fourth-order valence-corrected chi connectivity index (χ4v) is 9.13. The predicted octanol–water partition coefficient (Wildman–Crippen LogP) is 5.90. The Hall–Kier alpha value is -3.31. The first-order valence-electron chi connectivity index (χ1n) is 20.6. The molecular formula is C45H64N3O6+. The van der Waals surface area contributed by atoms with Gasteiger partial charge in [0.05, 0.1) is 18.1 Å². The number of aliphatic imine (C=N–C) groups is 1. The minimum absolute atomic E-state index is 0.0131. The average Bonchev–Trinajstić information content (AvgIpc) is 3.91. The minimum atomic E-state index is -0.923. The zero-order valence-corrected chi connectivity index (χ0v) is 32.2. The van der Waals surface area contributed by atoms with Crippen molar-refractivity contribution in [1.82, 2.24) is 5.32 Å². The van der Waals surface area contributed by atoms with Gasteiger partial charge in [-0.15, -0.1) is 16.6 Å². The van der Waals surface area contributed by atoms with Crippen molar-refractivity contribution in [2.75, 3.05) is 32.8 Å². The summed E-state index contributed by atoms with van der Waals surface area (Å²) in [7, 11) is 0. The van der Waals surface area contributed by atoms with E-state index in [1.54, 1.807) is 13.0 Å². The van der Waals surface area contributed by atoms with Crippen molar-refractivity contribution < 1.29 is 29.9 Å². The van der Waals surface area contributed by atoms with E-state index in [9.17, 15) is 20.4 Å². The van der Waals surface area contributed by atoms with Crippen LogP contribution in [0.4, 0.5) is 0 Å². The van der Waals surface area contributed by atoms with E-state index in [1.807, 2.05) is 12.1 Å². The van der Waals surface area contributed by atoms with Gasteiger partial charge in [-0.05, 0) is 99.4 Å². The van der Waals surface area contributed by atoms with E-state index < -0.39 is 12.2 Å². The summed E-state index contributed by atoms with van der Waals surface area (Å²) in [4.78, 5) is 4.92. The van der Waals surface area contributed by atoms with Crippen LogP contribution in [0.1, 0.15) is 88.7 Å². The number of aryl methyl sites for hydroxylation is 1. The monoisotopic (exact) mass is 742 g/mol. The van der Waals surface area contributed by atoms with E-state index >= 15 is 0 Å². The average molecular weight is 743 g/mol. The highest BCUT2D eigenvalue weighted by molar-refractivity contribution is 6.03. The summed E-state index contributed by atoms with van der Waals surface area (Å²) in [6.45, 7) is 3.88. The van der Waals surface area contributed by atoms with Crippen LogP contribution in [0, 0.1) is 35.7 Å². The fraction of sp³-hybridized carbons (Fsp3) is 0.578. The third-order valence-electron chi connectivity index (χ3n) is 12.1. The quantitative estimate of drug-likeness (QED) is 0.0529. The van der Waals surface area contributed by atoms with Gasteiger partial charge in [-0.2, -0.15) is 0 Å². The first-order valence-corrected chi connectivity index (χ1v) is 20.6. The number of phenols is 1. The molecule has 2 fully saturated rings. The van der Waals surface area contributed by atoms with Crippen molar-refractivity contribution >= 4 is 5.71 Å². The van der Waals surface area contributed by atoms with E-state index in [1.165, 1.54) is 30.7 Å². The second-order valence-corrected chi connectivity index (χ2v) is 16.2. The van der Waals surface area contributed by atoms with Gasteiger partial charge in [0, 0.05) is 32.5 Å². The minimum Gasteiger partial charge on any atom is -0.504 e. The summed E-state index contributed by atoms with van der Waals surface area (Å²) in [6, 6.07) is 16.0. The summed E-state index contributed by atoms with van der Waals surface area (Å²) in [6.07, 6.45) is 17.5. The van der Waals surface area contributed by atoms with Crippen LogP contribution in [0.2, 0.25) is 0 Å². The van der Waals surface area contributed by atoms with Gasteiger partial charge in [-0.1, -0.05) is 62.1 Å². The number of unbranched alkanes of at least 4 members (excludes halogenated alkanes) is 2. The zero-order chi connectivity index (χ0) is 37.9. The number of nitrogens with one attached hydrogen (secondary N) is 1. The number of aliphatic hydroxyl groups excluding tert-OH is 3. The number of aromatic hydroxyl groups is 1. The van der Waals surface area contributed by atoms with E-state index in [0.29, 0.717) is 54.6 Å². The van der Waals surface area contributed by atoms with Gasteiger partial charge in [0.1, 0.15) is 30.4 Å². The highest BCUT2D eigenvalue weighted by atomic mass is 16.5. The molecule has 9 heteroatoms. The first kappa shape index (κ1) is 40.4. The topological polar surface area (TPSA) is 153 Å². The van der Waals surface area contributed by atoms with Gasteiger partial charge >= 0.3 is 0 Å². The Labute approximate surface area is 322 Å². The van der Waals surface area contributed by atoms with Crippen LogP contribution in [0.25, 0.3) is 0 Å². The number of rotatable bonds is 21. The molecule has 0 radical (unpaired) electrons. The molecule has 0 bridgehead atoms. The van der Waals surface area contributed by atoms with Crippen LogP contribution >= 0.6 is 0 Å². The number of fused-ring (bicyclic) bond motifs is 2. The van der Waals surface area contributed by atoms with Gasteiger partial charge in [-0.3, -0.25) is 0 Å². The molecule has 0 saturated heterocycles. The van der Waals surface area contributed by atoms with Gasteiger partial charge in [0.2, 0.25) is 5.70 Å². The van der Waals surface area contributed by atoms with Crippen LogP contribution in [0.3, 0.4) is 0 Å². The fourth-order valence-electron chi connectivity index (χ4n) is 9.13. The van der Waals surface area contributed by atoms with Crippen LogP contribution in [0.5, 0.6) is 11.5 Å². The van der Waals surface area contributed by atoms with Crippen molar-refractivity contribution in [1.29, 1.82) is 0 Å². The molecule has 2 aromatic carbocycles. The summed E-state index contributed by atoms with van der Waals surface area (Å²) in [5, 5.41) is 45.2. The number of aliphatic hydroxyl groups is 5. The Morgan fingerprint density at radius 1 is 1.07 bits per heavy atom. The number of hydrogen-bond donors (Lipinski definition) is 6. The molecule has 0 amide bonds. The van der Waals surface area contributed by atoms with E-state index in [-0.39, 0.29) is 25.1 Å². The Balaban J connectivity index is 0.951. The molecule has 2 aliphatic carbocycles. The van der Waals surface area contributed by atoms with Crippen molar-refractivity contribution in [3.63, 3.8) is 0 Å². The number of phenolic OH excluding ortho intramolecular Hbond substituents is 1. The van der Waals surface area contributed by atoms with Gasteiger partial charge in [0.25, 0.3) is 0 Å². The summed E-state index contributed by atoms with van der Waals surface area (Å²) in [5.41, 5.74) is 11.1. The molecular weight excluding hydrogens is 679 g/mol. The molecule has 9 nitrogen and oxygen atoms in total. The molecule has 7 atom stereocenters. The van der Waals surface area contributed by atoms with Crippen LogP contribution in [0.15, 0.2) is 76.9 Å². The Kier molecular flexibility index (Phi) is 15.0.